The van der Waals surface area contributed by atoms with Crippen LogP contribution < -0.4 is 20.1 Å². The summed E-state index contributed by atoms with van der Waals surface area (Å²) in [5.74, 6) is 0.186. The number of pyridine rings is 2. The van der Waals surface area contributed by atoms with E-state index in [1.165, 1.54) is 11.8 Å². The smallest absolute Gasteiger partial charge is 0.260 e. The molecule has 4 rings (SSSR count). The van der Waals surface area contributed by atoms with Gasteiger partial charge in [0.15, 0.2) is 5.75 Å². The van der Waals surface area contributed by atoms with Crippen molar-refractivity contribution in [2.24, 2.45) is 5.73 Å². The van der Waals surface area contributed by atoms with Gasteiger partial charge in [-0.15, -0.1) is 0 Å². The number of hydrogen-bond donors (Lipinski definition) is 1. The number of carbonyl (C=O) groups is 2. The summed E-state index contributed by atoms with van der Waals surface area (Å²) in [5, 5.41) is 4.24. The second kappa shape index (κ2) is 7.63. The second-order valence-corrected chi connectivity index (χ2v) is 8.04. The standard InChI is InChI=1S/C22H24N6O4/c1-12-6-15(13-7-17(31-4)19(32-5)24-8-13)26-16-11-27(20(29)18(12)16)14-9-25-28(10-14)22(2,3)21(23)30/h6-10H,11H2,1-5H3,(H2,23,30). The van der Waals surface area contributed by atoms with E-state index in [0.717, 1.165) is 11.1 Å². The molecule has 4 heterocycles. The topological polar surface area (TPSA) is 125 Å². The quantitative estimate of drug-likeness (QED) is 0.627. The number of anilines is 1. The van der Waals surface area contributed by atoms with Crippen molar-refractivity contribution in [1.29, 1.82) is 0 Å². The molecule has 32 heavy (non-hydrogen) atoms. The zero-order chi connectivity index (χ0) is 23.2. The Labute approximate surface area is 185 Å². The highest BCUT2D eigenvalue weighted by atomic mass is 16.5. The van der Waals surface area contributed by atoms with E-state index >= 15 is 0 Å². The number of amides is 2. The predicted molar refractivity (Wildman–Crippen MR) is 117 cm³/mol. The molecule has 0 spiro atoms. The van der Waals surface area contributed by atoms with Gasteiger partial charge in [0.2, 0.25) is 5.91 Å². The number of rotatable bonds is 6. The molecule has 2 amide bonds. The number of aryl methyl sites for hydroxylation is 1. The Morgan fingerprint density at radius 2 is 1.94 bits per heavy atom. The third-order valence-corrected chi connectivity index (χ3v) is 5.64. The van der Waals surface area contributed by atoms with Crippen LogP contribution in [0.1, 0.15) is 35.5 Å². The number of ether oxygens (including phenoxy) is 2. The minimum absolute atomic E-state index is 0.168. The maximum absolute atomic E-state index is 13.2. The molecule has 1 aliphatic heterocycles. The van der Waals surface area contributed by atoms with Crippen LogP contribution in [0.25, 0.3) is 11.3 Å². The molecule has 2 N–H and O–H groups in total. The van der Waals surface area contributed by atoms with Crippen LogP contribution in [0.15, 0.2) is 30.7 Å². The maximum Gasteiger partial charge on any atom is 0.260 e. The zero-order valence-electron chi connectivity index (χ0n) is 18.5. The molecule has 0 unspecified atom stereocenters. The summed E-state index contributed by atoms with van der Waals surface area (Å²) in [4.78, 5) is 35.5. The minimum Gasteiger partial charge on any atom is -0.491 e. The van der Waals surface area contributed by atoms with Gasteiger partial charge >= 0.3 is 0 Å². The third kappa shape index (κ3) is 3.33. The number of nitrogens with two attached hydrogens (primary N) is 1. The number of methoxy groups -OCH3 is 2. The average Bonchev–Trinajstić information content (AvgIpc) is 3.38. The van der Waals surface area contributed by atoms with E-state index in [1.807, 2.05) is 13.0 Å². The fraction of sp³-hybridized carbons (Fsp3) is 0.318. The Kier molecular flexibility index (Phi) is 5.08. The Bertz CT molecular complexity index is 1230. The molecule has 10 heteroatoms. The van der Waals surface area contributed by atoms with Crippen LogP contribution in [0.4, 0.5) is 5.69 Å². The lowest BCUT2D eigenvalue weighted by molar-refractivity contribution is -0.125. The van der Waals surface area contributed by atoms with Crippen molar-refractivity contribution in [3.05, 3.63) is 47.5 Å². The molecule has 0 atom stereocenters. The van der Waals surface area contributed by atoms with Crippen LogP contribution in [0.5, 0.6) is 11.6 Å². The van der Waals surface area contributed by atoms with Gasteiger partial charge in [0.1, 0.15) is 5.54 Å². The fourth-order valence-electron chi connectivity index (χ4n) is 3.60. The number of nitrogens with zero attached hydrogens (tertiary/aromatic N) is 5. The van der Waals surface area contributed by atoms with Crippen LogP contribution in [0.2, 0.25) is 0 Å². The molecule has 1 aliphatic rings. The van der Waals surface area contributed by atoms with Crippen molar-refractivity contribution in [2.45, 2.75) is 32.9 Å². The Morgan fingerprint density at radius 3 is 2.59 bits per heavy atom. The van der Waals surface area contributed by atoms with E-state index in [2.05, 4.69) is 10.1 Å². The van der Waals surface area contributed by atoms with Gasteiger partial charge in [-0.25, -0.2) is 4.98 Å². The highest BCUT2D eigenvalue weighted by Gasteiger charge is 2.34. The van der Waals surface area contributed by atoms with E-state index in [-0.39, 0.29) is 12.5 Å². The van der Waals surface area contributed by atoms with Crippen LogP contribution in [-0.2, 0) is 16.9 Å². The van der Waals surface area contributed by atoms with Crippen molar-refractivity contribution in [2.75, 3.05) is 19.1 Å². The van der Waals surface area contributed by atoms with Crippen molar-refractivity contribution in [3.63, 3.8) is 0 Å². The highest BCUT2D eigenvalue weighted by molar-refractivity contribution is 6.10. The molecule has 3 aromatic rings. The summed E-state index contributed by atoms with van der Waals surface area (Å²) in [6, 6.07) is 3.65. The molecule has 10 nitrogen and oxygen atoms in total. The molecule has 166 valence electrons. The summed E-state index contributed by atoms with van der Waals surface area (Å²) in [5.41, 5.74) is 8.47. The largest absolute Gasteiger partial charge is 0.491 e. The average molecular weight is 436 g/mol. The highest BCUT2D eigenvalue weighted by Crippen LogP contribution is 2.34. The van der Waals surface area contributed by atoms with Gasteiger partial charge < -0.3 is 15.2 Å². The molecule has 0 saturated heterocycles. The first kappa shape index (κ1) is 21.3. The molecular formula is C22H24N6O4. The molecule has 0 aliphatic carbocycles. The first-order valence-electron chi connectivity index (χ1n) is 9.93. The Hall–Kier alpha value is -3.95. The monoisotopic (exact) mass is 436 g/mol. The van der Waals surface area contributed by atoms with Gasteiger partial charge in [0, 0.05) is 18.0 Å². The maximum atomic E-state index is 13.2. The number of primary amides is 1. The lowest BCUT2D eigenvalue weighted by atomic mass is 10.0. The van der Waals surface area contributed by atoms with Gasteiger partial charge in [-0.2, -0.15) is 5.10 Å². The van der Waals surface area contributed by atoms with Gasteiger partial charge in [-0.05, 0) is 38.5 Å². The van der Waals surface area contributed by atoms with Crippen molar-refractivity contribution in [1.82, 2.24) is 19.7 Å². The van der Waals surface area contributed by atoms with Crippen molar-refractivity contribution in [3.8, 4) is 22.9 Å². The first-order chi connectivity index (χ1) is 15.2. The molecule has 0 saturated carbocycles. The summed E-state index contributed by atoms with van der Waals surface area (Å²) in [7, 11) is 3.07. The molecule has 0 radical (unpaired) electrons. The van der Waals surface area contributed by atoms with Crippen LogP contribution in [-0.4, -0.2) is 45.8 Å². The van der Waals surface area contributed by atoms with Gasteiger partial charge in [-0.3, -0.25) is 24.2 Å². The molecule has 0 fully saturated rings. The molecule has 0 bridgehead atoms. The second-order valence-electron chi connectivity index (χ2n) is 8.04. The lowest BCUT2D eigenvalue weighted by Gasteiger charge is -2.21. The van der Waals surface area contributed by atoms with E-state index in [4.69, 9.17) is 20.2 Å². The number of carbonyl (C=O) groups excluding carboxylic acids is 2. The molecule has 3 aromatic heterocycles. The first-order valence-corrected chi connectivity index (χ1v) is 9.93. The van der Waals surface area contributed by atoms with E-state index in [0.29, 0.717) is 34.3 Å². The normalized spacial score (nSPS) is 13.3. The van der Waals surface area contributed by atoms with Crippen molar-refractivity contribution < 1.29 is 19.1 Å². The number of aromatic nitrogens is 4. The van der Waals surface area contributed by atoms with Gasteiger partial charge in [0.25, 0.3) is 11.8 Å². The van der Waals surface area contributed by atoms with Gasteiger partial charge in [0.05, 0.1) is 49.6 Å². The predicted octanol–water partition coefficient (Wildman–Crippen LogP) is 2.05. The Morgan fingerprint density at radius 1 is 1.19 bits per heavy atom. The van der Waals surface area contributed by atoms with Crippen molar-refractivity contribution >= 4 is 17.5 Å². The minimum atomic E-state index is -1.02. The number of fused-ring (bicyclic) bond motifs is 1. The van der Waals surface area contributed by atoms with E-state index in [1.54, 1.807) is 50.5 Å². The fourth-order valence-corrected chi connectivity index (χ4v) is 3.60. The SMILES string of the molecule is COc1cc(-c2cc(C)c3c(n2)CN(c2cnn(C(C)(C)C(N)=O)c2)C3=O)cnc1OC. The van der Waals surface area contributed by atoms with Crippen LogP contribution in [0.3, 0.4) is 0 Å². The number of hydrogen-bond acceptors (Lipinski definition) is 7. The summed E-state index contributed by atoms with van der Waals surface area (Å²) >= 11 is 0. The summed E-state index contributed by atoms with van der Waals surface area (Å²) < 4.78 is 12.0. The summed E-state index contributed by atoms with van der Waals surface area (Å²) in [6.07, 6.45) is 4.84. The van der Waals surface area contributed by atoms with E-state index < -0.39 is 11.4 Å². The van der Waals surface area contributed by atoms with E-state index in [9.17, 15) is 9.59 Å². The van der Waals surface area contributed by atoms with Gasteiger partial charge in [-0.1, -0.05) is 0 Å². The zero-order valence-corrected chi connectivity index (χ0v) is 18.5. The third-order valence-electron chi connectivity index (χ3n) is 5.64. The summed E-state index contributed by atoms with van der Waals surface area (Å²) in [6.45, 7) is 5.50. The van der Waals surface area contributed by atoms with Crippen LogP contribution in [0, 0.1) is 6.92 Å². The molecule has 0 aromatic carbocycles. The lowest BCUT2D eigenvalue weighted by Crippen LogP contribution is -2.41. The van der Waals surface area contributed by atoms with Crippen LogP contribution >= 0.6 is 0 Å². The Balaban J connectivity index is 1.69. The molecular weight excluding hydrogens is 412 g/mol.